The van der Waals surface area contributed by atoms with Crippen LogP contribution < -0.4 is 5.32 Å². The Balaban J connectivity index is 1.91. The molecule has 0 radical (unpaired) electrons. The second-order valence-electron chi connectivity index (χ2n) is 4.76. The molecule has 1 aromatic rings. The molecular weight excluding hydrogens is 387 g/mol. The number of β-lactam (4-membered cyclic amide) rings is 1. The average Bonchev–Trinajstić information content (AvgIpc) is 2.44. The quantitative estimate of drug-likeness (QED) is 0.443. The Labute approximate surface area is 147 Å². The number of benzene rings is 1. The molecule has 0 aliphatic carbocycles. The lowest BCUT2D eigenvalue weighted by molar-refractivity contribution is -0.144. The highest BCUT2D eigenvalue weighted by Crippen LogP contribution is 2.30. The number of hydrogen-bond donors (Lipinski definition) is 2. The van der Waals surface area contributed by atoms with E-state index in [9.17, 15) is 18.0 Å². The molecule has 2 amide bonds. The van der Waals surface area contributed by atoms with Crippen molar-refractivity contribution in [2.24, 2.45) is 0 Å². The van der Waals surface area contributed by atoms with Crippen molar-refractivity contribution in [3.8, 4) is 0 Å². The van der Waals surface area contributed by atoms with Crippen LogP contribution in [0.5, 0.6) is 0 Å². The van der Waals surface area contributed by atoms with Crippen molar-refractivity contribution in [2.75, 3.05) is 5.75 Å². The molecule has 1 aliphatic rings. The average molecular weight is 399 g/mol. The van der Waals surface area contributed by atoms with Crippen LogP contribution in [-0.2, 0) is 19.9 Å². The van der Waals surface area contributed by atoms with Crippen molar-refractivity contribution in [3.63, 3.8) is 0 Å². The summed E-state index contributed by atoms with van der Waals surface area (Å²) >= 11 is 12.9. The number of nitrogens with zero attached hydrogens (tertiary/aromatic N) is 1. The second-order valence-corrected chi connectivity index (χ2v) is 7.91. The van der Waals surface area contributed by atoms with Gasteiger partial charge in [0.15, 0.2) is 0 Å². The van der Waals surface area contributed by atoms with Gasteiger partial charge in [0, 0.05) is 9.92 Å². The molecule has 0 bridgehead atoms. The summed E-state index contributed by atoms with van der Waals surface area (Å²) in [5.41, 5.74) is 0. The van der Waals surface area contributed by atoms with Crippen molar-refractivity contribution < 1.29 is 22.6 Å². The fourth-order valence-electron chi connectivity index (χ4n) is 2.05. The predicted octanol–water partition coefficient (Wildman–Crippen LogP) is 1.60. The largest absolute Gasteiger partial charge is 0.362 e. The van der Waals surface area contributed by atoms with E-state index >= 15 is 0 Å². The first kappa shape index (κ1) is 18.3. The van der Waals surface area contributed by atoms with E-state index in [2.05, 4.69) is 5.32 Å². The Morgan fingerprint density at radius 2 is 2.09 bits per heavy atom. The Hall–Kier alpha value is -1.00. The van der Waals surface area contributed by atoms with Crippen molar-refractivity contribution >= 4 is 57.1 Å². The Kier molecular flexibility index (Phi) is 5.47. The molecule has 23 heavy (non-hydrogen) atoms. The molecule has 0 unspecified atom stereocenters. The molecule has 1 aromatic carbocycles. The molecule has 1 heterocycles. The first-order chi connectivity index (χ1) is 10.6. The molecule has 2 atom stereocenters. The van der Waals surface area contributed by atoms with Crippen LogP contribution in [0, 0.1) is 0 Å². The zero-order chi connectivity index (χ0) is 17.4. The molecule has 0 saturated carbocycles. The lowest BCUT2D eigenvalue weighted by atomic mass is 10.0. The standard InChI is InChI=1S/C12H12Cl2N2O5S2/c1-6-11(12(18)16(6)23(19,20)21)15-10(17)5-22-9-4-7(13)2-3-8(9)14/h2-4,6,11H,5H2,1H3,(H,15,17)(H,19,20,21)/t6-,11-/m0/s1. The van der Waals surface area contributed by atoms with Crippen LogP contribution in [0.3, 0.4) is 0 Å². The monoisotopic (exact) mass is 398 g/mol. The second kappa shape index (κ2) is 6.86. The molecular formula is C12H12Cl2N2O5S2. The molecule has 2 N–H and O–H groups in total. The number of halogens is 2. The van der Waals surface area contributed by atoms with Gasteiger partial charge in [0.2, 0.25) is 5.91 Å². The first-order valence-electron chi connectivity index (χ1n) is 6.29. The minimum atomic E-state index is -4.60. The fourth-order valence-corrected chi connectivity index (χ4v) is 4.24. The summed E-state index contributed by atoms with van der Waals surface area (Å²) in [6.45, 7) is 1.40. The summed E-state index contributed by atoms with van der Waals surface area (Å²) in [6.07, 6.45) is 0. The third-order valence-corrected chi connectivity index (χ3v) is 5.89. The highest BCUT2D eigenvalue weighted by Gasteiger charge is 2.51. The SMILES string of the molecule is C[C@H]1[C@H](NC(=O)CSc2cc(Cl)ccc2Cl)C(=O)N1S(=O)(=O)O. The number of thioether (sulfide) groups is 1. The van der Waals surface area contributed by atoms with Crippen molar-refractivity contribution in [1.29, 1.82) is 0 Å². The van der Waals surface area contributed by atoms with E-state index < -0.39 is 34.2 Å². The maximum atomic E-state index is 11.9. The van der Waals surface area contributed by atoms with Crippen molar-refractivity contribution in [1.82, 2.24) is 9.62 Å². The zero-order valence-electron chi connectivity index (χ0n) is 11.7. The van der Waals surface area contributed by atoms with Crippen molar-refractivity contribution in [2.45, 2.75) is 23.9 Å². The summed E-state index contributed by atoms with van der Waals surface area (Å²) in [5, 5.41) is 3.34. The van der Waals surface area contributed by atoms with Crippen molar-refractivity contribution in [3.05, 3.63) is 28.2 Å². The summed E-state index contributed by atoms with van der Waals surface area (Å²) in [7, 11) is -4.60. The normalized spacial score (nSPS) is 21.0. The van der Waals surface area contributed by atoms with Gasteiger partial charge in [-0.3, -0.25) is 14.1 Å². The molecule has 0 aromatic heterocycles. The summed E-state index contributed by atoms with van der Waals surface area (Å²) < 4.78 is 31.1. The number of rotatable bonds is 5. The summed E-state index contributed by atoms with van der Waals surface area (Å²) in [5.74, 6) is -1.37. The maximum Gasteiger partial charge on any atom is 0.362 e. The lowest BCUT2D eigenvalue weighted by Crippen LogP contribution is -2.70. The van der Waals surface area contributed by atoms with E-state index in [1.165, 1.54) is 6.92 Å². The summed E-state index contributed by atoms with van der Waals surface area (Å²) in [4.78, 5) is 24.1. The van der Waals surface area contributed by atoms with E-state index in [0.29, 0.717) is 19.2 Å². The molecule has 2 rings (SSSR count). The zero-order valence-corrected chi connectivity index (χ0v) is 14.8. The Morgan fingerprint density at radius 3 is 2.65 bits per heavy atom. The highest BCUT2D eigenvalue weighted by atomic mass is 35.5. The topological polar surface area (TPSA) is 104 Å². The molecule has 7 nitrogen and oxygen atoms in total. The van der Waals surface area contributed by atoms with Gasteiger partial charge in [-0.25, -0.2) is 4.31 Å². The van der Waals surface area contributed by atoms with Gasteiger partial charge in [0.05, 0.1) is 16.8 Å². The van der Waals surface area contributed by atoms with Crippen LogP contribution in [0.1, 0.15) is 6.92 Å². The predicted molar refractivity (Wildman–Crippen MR) is 87.0 cm³/mol. The smallest absolute Gasteiger partial charge is 0.342 e. The van der Waals surface area contributed by atoms with Crippen LogP contribution >= 0.6 is 35.0 Å². The molecule has 126 valence electrons. The van der Waals surface area contributed by atoms with Crippen LogP contribution in [0.2, 0.25) is 10.0 Å². The van der Waals surface area contributed by atoms with Crippen LogP contribution in [0.15, 0.2) is 23.1 Å². The van der Waals surface area contributed by atoms with Gasteiger partial charge in [-0.15, -0.1) is 11.8 Å². The molecule has 11 heteroatoms. The molecule has 1 saturated heterocycles. The van der Waals surface area contributed by atoms with Gasteiger partial charge < -0.3 is 5.32 Å². The van der Waals surface area contributed by atoms with Crippen LogP contribution in [-0.4, -0.2) is 46.9 Å². The van der Waals surface area contributed by atoms with Gasteiger partial charge in [-0.1, -0.05) is 23.2 Å². The van der Waals surface area contributed by atoms with E-state index in [1.807, 2.05) is 0 Å². The van der Waals surface area contributed by atoms with E-state index in [-0.39, 0.29) is 5.75 Å². The van der Waals surface area contributed by atoms with Crippen LogP contribution in [0.4, 0.5) is 0 Å². The third kappa shape index (κ3) is 4.10. The van der Waals surface area contributed by atoms with E-state index in [0.717, 1.165) is 11.8 Å². The Morgan fingerprint density at radius 1 is 1.43 bits per heavy atom. The lowest BCUT2D eigenvalue weighted by Gasteiger charge is -2.42. The van der Waals surface area contributed by atoms with E-state index in [4.69, 9.17) is 27.8 Å². The first-order valence-corrected chi connectivity index (χ1v) is 9.43. The number of amides is 2. The highest BCUT2D eigenvalue weighted by molar-refractivity contribution is 8.00. The number of hydrogen-bond acceptors (Lipinski definition) is 5. The van der Waals surface area contributed by atoms with Gasteiger partial charge in [-0.2, -0.15) is 8.42 Å². The maximum absolute atomic E-state index is 11.9. The molecule has 1 aliphatic heterocycles. The van der Waals surface area contributed by atoms with Gasteiger partial charge in [0.1, 0.15) is 6.04 Å². The summed E-state index contributed by atoms with van der Waals surface area (Å²) in [6, 6.07) is 3.00. The van der Waals surface area contributed by atoms with Gasteiger partial charge in [-0.05, 0) is 25.1 Å². The Bertz CT molecular complexity index is 756. The van der Waals surface area contributed by atoms with Gasteiger partial charge >= 0.3 is 10.3 Å². The molecule has 1 fully saturated rings. The number of carbonyl (C=O) groups excluding carboxylic acids is 2. The number of carbonyl (C=O) groups is 2. The number of nitrogens with one attached hydrogen (secondary N) is 1. The van der Waals surface area contributed by atoms with Gasteiger partial charge in [0.25, 0.3) is 5.91 Å². The minimum Gasteiger partial charge on any atom is -0.342 e. The van der Waals surface area contributed by atoms with E-state index in [1.54, 1.807) is 18.2 Å². The minimum absolute atomic E-state index is 0.0254. The third-order valence-electron chi connectivity index (χ3n) is 3.15. The van der Waals surface area contributed by atoms with Crippen LogP contribution in [0.25, 0.3) is 0 Å². The molecule has 0 spiro atoms. The fraction of sp³-hybridized carbons (Fsp3) is 0.333.